The third-order valence-electron chi connectivity index (χ3n) is 2.35. The first-order valence-corrected chi connectivity index (χ1v) is 5.28. The van der Waals surface area contributed by atoms with Gasteiger partial charge in [0.2, 0.25) is 0 Å². The normalized spacial score (nSPS) is 12.5. The molecule has 14 heavy (non-hydrogen) atoms. The highest BCUT2D eigenvalue weighted by molar-refractivity contribution is 6.30. The summed E-state index contributed by atoms with van der Waals surface area (Å²) in [7, 11) is 0. The van der Waals surface area contributed by atoms with Gasteiger partial charge in [-0.05, 0) is 24.1 Å². The van der Waals surface area contributed by atoms with Crippen molar-refractivity contribution >= 4 is 17.4 Å². The molecular weight excluding hydrogens is 196 g/mol. The van der Waals surface area contributed by atoms with Crippen molar-refractivity contribution in [3.05, 3.63) is 34.9 Å². The van der Waals surface area contributed by atoms with Crippen molar-refractivity contribution in [3.63, 3.8) is 0 Å². The summed E-state index contributed by atoms with van der Waals surface area (Å²) in [5.41, 5.74) is 1.17. The molecule has 0 aromatic heterocycles. The average molecular weight is 211 g/mol. The summed E-state index contributed by atoms with van der Waals surface area (Å²) in [5, 5.41) is 0.739. The Morgan fingerprint density at radius 1 is 1.36 bits per heavy atom. The number of carbonyl (C=O) groups excluding carboxylic acids is 1. The van der Waals surface area contributed by atoms with Crippen LogP contribution in [0.2, 0.25) is 5.02 Å². The SMILES string of the molecule is CCC(=O)C(C)Cc1ccc(Cl)cc1. The lowest BCUT2D eigenvalue weighted by Gasteiger charge is -2.08. The van der Waals surface area contributed by atoms with E-state index in [2.05, 4.69) is 0 Å². The van der Waals surface area contributed by atoms with Crippen molar-refractivity contribution in [2.45, 2.75) is 26.7 Å². The minimum atomic E-state index is 0.112. The van der Waals surface area contributed by atoms with E-state index in [4.69, 9.17) is 11.6 Å². The molecule has 0 saturated carbocycles. The lowest BCUT2D eigenvalue weighted by atomic mass is 9.96. The second-order valence-electron chi connectivity index (χ2n) is 3.55. The smallest absolute Gasteiger partial charge is 0.135 e. The lowest BCUT2D eigenvalue weighted by Crippen LogP contribution is -2.12. The summed E-state index contributed by atoms with van der Waals surface area (Å²) >= 11 is 5.77. The number of hydrogen-bond acceptors (Lipinski definition) is 1. The minimum absolute atomic E-state index is 0.112. The molecule has 0 aliphatic heterocycles. The van der Waals surface area contributed by atoms with Crippen LogP contribution in [0.3, 0.4) is 0 Å². The van der Waals surface area contributed by atoms with Gasteiger partial charge in [0.05, 0.1) is 0 Å². The van der Waals surface area contributed by atoms with Gasteiger partial charge in [0, 0.05) is 17.4 Å². The van der Waals surface area contributed by atoms with Crippen LogP contribution < -0.4 is 0 Å². The Labute approximate surface area is 90.1 Å². The molecule has 0 saturated heterocycles. The van der Waals surface area contributed by atoms with E-state index in [1.54, 1.807) is 0 Å². The summed E-state index contributed by atoms with van der Waals surface area (Å²) in [5.74, 6) is 0.432. The van der Waals surface area contributed by atoms with E-state index in [0.717, 1.165) is 11.4 Å². The Morgan fingerprint density at radius 3 is 2.43 bits per heavy atom. The maximum atomic E-state index is 11.4. The number of ketones is 1. The van der Waals surface area contributed by atoms with E-state index >= 15 is 0 Å². The number of carbonyl (C=O) groups is 1. The first kappa shape index (κ1) is 11.3. The predicted octanol–water partition coefficient (Wildman–Crippen LogP) is 3.50. The highest BCUT2D eigenvalue weighted by atomic mass is 35.5. The van der Waals surface area contributed by atoms with Gasteiger partial charge in [0.1, 0.15) is 5.78 Å². The van der Waals surface area contributed by atoms with E-state index in [0.29, 0.717) is 12.2 Å². The van der Waals surface area contributed by atoms with Crippen molar-refractivity contribution in [3.8, 4) is 0 Å². The van der Waals surface area contributed by atoms with Crippen LogP contribution in [-0.4, -0.2) is 5.78 Å². The van der Waals surface area contributed by atoms with E-state index in [1.165, 1.54) is 5.56 Å². The van der Waals surface area contributed by atoms with Crippen molar-refractivity contribution in [1.29, 1.82) is 0 Å². The zero-order valence-electron chi connectivity index (χ0n) is 8.59. The van der Waals surface area contributed by atoms with Gasteiger partial charge >= 0.3 is 0 Å². The Morgan fingerprint density at radius 2 is 1.93 bits per heavy atom. The molecule has 0 aliphatic carbocycles. The lowest BCUT2D eigenvalue weighted by molar-refractivity contribution is -0.122. The quantitative estimate of drug-likeness (QED) is 0.744. The molecule has 1 unspecified atom stereocenters. The molecule has 2 heteroatoms. The number of halogens is 1. The molecule has 0 N–H and O–H groups in total. The maximum Gasteiger partial charge on any atom is 0.135 e. The molecule has 0 spiro atoms. The fourth-order valence-corrected chi connectivity index (χ4v) is 1.56. The highest BCUT2D eigenvalue weighted by Gasteiger charge is 2.10. The van der Waals surface area contributed by atoms with E-state index in [1.807, 2.05) is 38.1 Å². The Balaban J connectivity index is 2.60. The molecule has 0 aliphatic rings. The number of hydrogen-bond donors (Lipinski definition) is 0. The van der Waals surface area contributed by atoms with Crippen LogP contribution in [0.25, 0.3) is 0 Å². The average Bonchev–Trinajstić information content (AvgIpc) is 2.20. The first-order chi connectivity index (χ1) is 6.63. The van der Waals surface area contributed by atoms with Crippen molar-refractivity contribution in [2.75, 3.05) is 0 Å². The van der Waals surface area contributed by atoms with Crippen LogP contribution >= 0.6 is 11.6 Å². The molecule has 1 aromatic rings. The third-order valence-corrected chi connectivity index (χ3v) is 2.61. The summed E-state index contributed by atoms with van der Waals surface area (Å²) in [4.78, 5) is 11.4. The van der Waals surface area contributed by atoms with Gasteiger partial charge in [-0.3, -0.25) is 4.79 Å². The molecule has 0 amide bonds. The Bertz CT molecular complexity index is 303. The maximum absolute atomic E-state index is 11.4. The Kier molecular flexibility index (Phi) is 4.15. The summed E-state index contributed by atoms with van der Waals surface area (Å²) < 4.78 is 0. The predicted molar refractivity (Wildman–Crippen MR) is 59.6 cm³/mol. The molecule has 0 heterocycles. The fourth-order valence-electron chi connectivity index (χ4n) is 1.44. The van der Waals surface area contributed by atoms with Crippen molar-refractivity contribution < 1.29 is 4.79 Å². The first-order valence-electron chi connectivity index (χ1n) is 4.90. The topological polar surface area (TPSA) is 17.1 Å². The zero-order valence-corrected chi connectivity index (χ0v) is 9.34. The minimum Gasteiger partial charge on any atom is -0.299 e. The second kappa shape index (κ2) is 5.16. The van der Waals surface area contributed by atoms with Crippen molar-refractivity contribution in [2.24, 2.45) is 5.92 Å². The van der Waals surface area contributed by atoms with Gasteiger partial charge in [-0.15, -0.1) is 0 Å². The molecular formula is C12H15ClO. The highest BCUT2D eigenvalue weighted by Crippen LogP contribution is 2.14. The van der Waals surface area contributed by atoms with E-state index < -0.39 is 0 Å². The standard InChI is InChI=1S/C12H15ClO/c1-3-12(14)9(2)8-10-4-6-11(13)7-5-10/h4-7,9H,3,8H2,1-2H3. The fraction of sp³-hybridized carbons (Fsp3) is 0.417. The van der Waals surface area contributed by atoms with Crippen LogP contribution in [0, 0.1) is 5.92 Å². The van der Waals surface area contributed by atoms with Crippen LogP contribution in [0.15, 0.2) is 24.3 Å². The van der Waals surface area contributed by atoms with Crippen molar-refractivity contribution in [1.82, 2.24) is 0 Å². The zero-order chi connectivity index (χ0) is 10.6. The Hall–Kier alpha value is -0.820. The van der Waals surface area contributed by atoms with Crippen LogP contribution in [-0.2, 0) is 11.2 Å². The van der Waals surface area contributed by atoms with Gasteiger partial charge in [0.25, 0.3) is 0 Å². The monoisotopic (exact) mass is 210 g/mol. The molecule has 1 nitrogen and oxygen atoms in total. The largest absolute Gasteiger partial charge is 0.299 e. The van der Waals surface area contributed by atoms with Crippen LogP contribution in [0.4, 0.5) is 0 Å². The van der Waals surface area contributed by atoms with E-state index in [9.17, 15) is 4.79 Å². The second-order valence-corrected chi connectivity index (χ2v) is 3.99. The number of Topliss-reactive ketones (excluding diaryl/α,β-unsaturated/α-hetero) is 1. The molecule has 1 rings (SSSR count). The summed E-state index contributed by atoms with van der Waals surface area (Å²) in [6.07, 6.45) is 1.43. The molecule has 0 bridgehead atoms. The van der Waals surface area contributed by atoms with Crippen LogP contribution in [0.5, 0.6) is 0 Å². The van der Waals surface area contributed by atoms with Crippen LogP contribution in [0.1, 0.15) is 25.8 Å². The van der Waals surface area contributed by atoms with E-state index in [-0.39, 0.29) is 5.92 Å². The molecule has 0 radical (unpaired) electrons. The van der Waals surface area contributed by atoms with Gasteiger partial charge in [-0.2, -0.15) is 0 Å². The number of benzene rings is 1. The molecule has 76 valence electrons. The van der Waals surface area contributed by atoms with Gasteiger partial charge in [-0.1, -0.05) is 37.6 Å². The summed E-state index contributed by atoms with van der Waals surface area (Å²) in [6, 6.07) is 7.67. The van der Waals surface area contributed by atoms with Gasteiger partial charge in [-0.25, -0.2) is 0 Å². The number of rotatable bonds is 4. The summed E-state index contributed by atoms with van der Waals surface area (Å²) in [6.45, 7) is 3.88. The molecule has 1 atom stereocenters. The third kappa shape index (κ3) is 3.15. The van der Waals surface area contributed by atoms with Gasteiger partial charge < -0.3 is 0 Å². The molecule has 1 aromatic carbocycles. The van der Waals surface area contributed by atoms with Gasteiger partial charge in [0.15, 0.2) is 0 Å². The molecule has 0 fully saturated rings.